The van der Waals surface area contributed by atoms with Gasteiger partial charge in [-0.1, -0.05) is 13.3 Å². The standard InChI is InChI=1S/C20H30O4/c1-18-7-3-8-19(2,17(23)24)14(18)6-9-20-10-12(4-5-15(18)20)13(11-20)16(21)22/h12-15H,3-11H2,1-2H3,(H,21,22)(H,23,24)/t12-,13+,14-,15-,18+,19+,20-/m0/s1. The lowest BCUT2D eigenvalue weighted by Gasteiger charge is -2.63. The van der Waals surface area contributed by atoms with Crippen molar-refractivity contribution in [1.29, 1.82) is 0 Å². The average molecular weight is 334 g/mol. The number of carboxylic acid groups (broad SMARTS) is 2. The van der Waals surface area contributed by atoms with Crippen molar-refractivity contribution in [3.05, 3.63) is 0 Å². The largest absolute Gasteiger partial charge is 0.481 e. The number of aliphatic carboxylic acids is 2. The van der Waals surface area contributed by atoms with Crippen LogP contribution in [0.2, 0.25) is 0 Å². The quantitative estimate of drug-likeness (QED) is 0.794. The molecule has 2 N–H and O–H groups in total. The van der Waals surface area contributed by atoms with E-state index < -0.39 is 17.4 Å². The maximum absolute atomic E-state index is 12.1. The van der Waals surface area contributed by atoms with E-state index in [2.05, 4.69) is 6.92 Å². The Morgan fingerprint density at radius 3 is 2.33 bits per heavy atom. The molecule has 4 aliphatic carbocycles. The van der Waals surface area contributed by atoms with Gasteiger partial charge in [0.15, 0.2) is 0 Å². The van der Waals surface area contributed by atoms with Crippen LogP contribution in [0.25, 0.3) is 0 Å². The first-order valence-electron chi connectivity index (χ1n) is 9.69. The van der Waals surface area contributed by atoms with Crippen LogP contribution >= 0.6 is 0 Å². The van der Waals surface area contributed by atoms with Crippen molar-refractivity contribution in [3.63, 3.8) is 0 Å². The Bertz CT molecular complexity index is 586. The van der Waals surface area contributed by atoms with Gasteiger partial charge >= 0.3 is 11.9 Å². The molecule has 7 atom stereocenters. The van der Waals surface area contributed by atoms with Crippen molar-refractivity contribution in [2.75, 3.05) is 0 Å². The molecule has 4 fully saturated rings. The van der Waals surface area contributed by atoms with E-state index in [1.54, 1.807) is 0 Å². The SMILES string of the molecule is C[C@@]12CCC[C@@](C)(C(=O)O)[C@H]1CC[C@@]13C[C@H](CC[C@H]12)[C@H](C(=O)O)C3. The summed E-state index contributed by atoms with van der Waals surface area (Å²) in [4.78, 5) is 23.7. The molecule has 1 spiro atoms. The van der Waals surface area contributed by atoms with Crippen molar-refractivity contribution in [2.24, 2.45) is 39.9 Å². The van der Waals surface area contributed by atoms with Gasteiger partial charge in [0.05, 0.1) is 11.3 Å². The molecule has 0 amide bonds. The first kappa shape index (κ1) is 16.4. The lowest BCUT2D eigenvalue weighted by Crippen LogP contribution is -2.58. The molecule has 0 aromatic heterocycles. The summed E-state index contributed by atoms with van der Waals surface area (Å²) in [5.41, 5.74) is -0.355. The minimum atomic E-state index is -0.627. The maximum Gasteiger partial charge on any atom is 0.309 e. The summed E-state index contributed by atoms with van der Waals surface area (Å²) in [5, 5.41) is 19.5. The minimum absolute atomic E-state index is 0.0714. The molecule has 0 aliphatic heterocycles. The fourth-order valence-electron chi connectivity index (χ4n) is 7.99. The second-order valence-corrected chi connectivity index (χ2v) is 9.78. The molecule has 4 aliphatic rings. The van der Waals surface area contributed by atoms with Crippen molar-refractivity contribution in [3.8, 4) is 0 Å². The van der Waals surface area contributed by atoms with Crippen LogP contribution in [0.1, 0.15) is 71.6 Å². The zero-order valence-electron chi connectivity index (χ0n) is 14.9. The average Bonchev–Trinajstić information content (AvgIpc) is 2.78. The molecule has 0 heterocycles. The van der Waals surface area contributed by atoms with Gasteiger partial charge in [0.25, 0.3) is 0 Å². The fraction of sp³-hybridized carbons (Fsp3) is 0.900. The van der Waals surface area contributed by atoms with Crippen LogP contribution in [0.15, 0.2) is 0 Å². The molecule has 0 aromatic carbocycles. The maximum atomic E-state index is 12.1. The van der Waals surface area contributed by atoms with Crippen molar-refractivity contribution >= 4 is 11.9 Å². The molecular formula is C20H30O4. The van der Waals surface area contributed by atoms with Crippen LogP contribution in [-0.4, -0.2) is 22.2 Å². The lowest BCUT2D eigenvalue weighted by molar-refractivity contribution is -0.181. The molecule has 0 radical (unpaired) electrons. The molecule has 4 saturated carbocycles. The minimum Gasteiger partial charge on any atom is -0.481 e. The number of carbonyl (C=O) groups is 2. The van der Waals surface area contributed by atoms with E-state index in [1.807, 2.05) is 6.92 Å². The summed E-state index contributed by atoms with van der Waals surface area (Å²) in [6.07, 6.45) is 8.96. The van der Waals surface area contributed by atoms with E-state index in [0.717, 1.165) is 57.8 Å². The Balaban J connectivity index is 1.71. The van der Waals surface area contributed by atoms with Crippen LogP contribution in [0, 0.1) is 39.9 Å². The third kappa shape index (κ3) is 1.91. The first-order valence-corrected chi connectivity index (χ1v) is 9.69. The molecule has 2 bridgehead atoms. The van der Waals surface area contributed by atoms with Crippen LogP contribution in [-0.2, 0) is 9.59 Å². The van der Waals surface area contributed by atoms with Crippen molar-refractivity contribution in [1.82, 2.24) is 0 Å². The second-order valence-electron chi connectivity index (χ2n) is 9.78. The Labute approximate surface area is 144 Å². The molecule has 4 rings (SSSR count). The molecular weight excluding hydrogens is 304 g/mol. The molecule has 4 heteroatoms. The summed E-state index contributed by atoms with van der Waals surface area (Å²) in [7, 11) is 0. The summed E-state index contributed by atoms with van der Waals surface area (Å²) in [6, 6.07) is 0. The Kier molecular flexibility index (Phi) is 3.41. The smallest absolute Gasteiger partial charge is 0.309 e. The van der Waals surface area contributed by atoms with Crippen LogP contribution in [0.3, 0.4) is 0 Å². The summed E-state index contributed by atoms with van der Waals surface area (Å²) < 4.78 is 0. The molecule has 4 nitrogen and oxygen atoms in total. The molecule has 0 unspecified atom stereocenters. The van der Waals surface area contributed by atoms with Crippen molar-refractivity contribution < 1.29 is 19.8 Å². The normalized spacial score (nSPS) is 53.1. The summed E-state index contributed by atoms with van der Waals surface area (Å²) in [5.74, 6) is -0.282. The van der Waals surface area contributed by atoms with E-state index in [4.69, 9.17) is 0 Å². The van der Waals surface area contributed by atoms with Crippen molar-refractivity contribution in [2.45, 2.75) is 71.6 Å². The van der Waals surface area contributed by atoms with Gasteiger partial charge in [-0.25, -0.2) is 0 Å². The molecule has 0 aromatic rings. The van der Waals surface area contributed by atoms with Gasteiger partial charge in [0.2, 0.25) is 0 Å². The predicted octanol–water partition coefficient (Wildman–Crippen LogP) is 4.18. The van der Waals surface area contributed by atoms with Gasteiger partial charge in [-0.3, -0.25) is 9.59 Å². The van der Waals surface area contributed by atoms with Gasteiger partial charge < -0.3 is 10.2 Å². The van der Waals surface area contributed by atoms with E-state index >= 15 is 0 Å². The van der Waals surface area contributed by atoms with Gasteiger partial charge in [0.1, 0.15) is 0 Å². The zero-order valence-corrected chi connectivity index (χ0v) is 14.9. The number of rotatable bonds is 2. The van der Waals surface area contributed by atoms with Crippen LogP contribution in [0.4, 0.5) is 0 Å². The highest BCUT2D eigenvalue weighted by atomic mass is 16.4. The monoisotopic (exact) mass is 334 g/mol. The zero-order chi connectivity index (χ0) is 17.3. The highest BCUT2D eigenvalue weighted by molar-refractivity contribution is 5.75. The van der Waals surface area contributed by atoms with E-state index in [9.17, 15) is 19.8 Å². The van der Waals surface area contributed by atoms with Gasteiger partial charge in [-0.2, -0.15) is 0 Å². The third-order valence-electron chi connectivity index (χ3n) is 8.94. The second kappa shape index (κ2) is 4.98. The Morgan fingerprint density at radius 2 is 1.67 bits per heavy atom. The summed E-state index contributed by atoms with van der Waals surface area (Å²) >= 11 is 0. The molecule has 134 valence electrons. The fourth-order valence-corrected chi connectivity index (χ4v) is 7.99. The van der Waals surface area contributed by atoms with E-state index in [-0.39, 0.29) is 22.7 Å². The predicted molar refractivity (Wildman–Crippen MR) is 89.4 cm³/mol. The Hall–Kier alpha value is -1.06. The summed E-state index contributed by atoms with van der Waals surface area (Å²) in [6.45, 7) is 4.31. The van der Waals surface area contributed by atoms with Crippen LogP contribution in [0.5, 0.6) is 0 Å². The number of carboxylic acids is 2. The third-order valence-corrected chi connectivity index (χ3v) is 8.94. The first-order chi connectivity index (χ1) is 11.2. The van der Waals surface area contributed by atoms with E-state index in [1.165, 1.54) is 0 Å². The topological polar surface area (TPSA) is 74.6 Å². The highest BCUT2D eigenvalue weighted by Gasteiger charge is 2.66. The molecule has 24 heavy (non-hydrogen) atoms. The number of hydrogen-bond acceptors (Lipinski definition) is 2. The number of hydrogen-bond donors (Lipinski definition) is 2. The van der Waals surface area contributed by atoms with Gasteiger partial charge in [0, 0.05) is 0 Å². The van der Waals surface area contributed by atoms with E-state index in [0.29, 0.717) is 11.8 Å². The lowest BCUT2D eigenvalue weighted by atomic mass is 9.41. The van der Waals surface area contributed by atoms with Gasteiger partial charge in [-0.05, 0) is 86.9 Å². The molecule has 0 saturated heterocycles. The highest BCUT2D eigenvalue weighted by Crippen LogP contribution is 2.72. The van der Waals surface area contributed by atoms with Gasteiger partial charge in [-0.15, -0.1) is 0 Å². The Morgan fingerprint density at radius 1 is 0.917 bits per heavy atom. The van der Waals surface area contributed by atoms with Crippen LogP contribution < -0.4 is 0 Å². The number of fused-ring (bicyclic) bond motifs is 3.